The summed E-state index contributed by atoms with van der Waals surface area (Å²) in [5.74, 6) is -0.111. The number of ether oxygens (including phenoxy) is 4. The second-order valence-electron chi connectivity index (χ2n) is 17.8. The Kier molecular flexibility index (Phi) is 17.5. The Hall–Kier alpha value is -5.81. The highest BCUT2D eigenvalue weighted by Gasteiger charge is 2.53. The number of amides is 3. The number of aliphatic imine (C=N–C) groups is 1. The van der Waals surface area contributed by atoms with Crippen LogP contribution in [0.5, 0.6) is 5.75 Å². The molecule has 2 aliphatic rings. The molecule has 2 aliphatic heterocycles. The third-order valence-electron chi connectivity index (χ3n) is 9.88. The Balaban J connectivity index is 1.45. The van der Waals surface area contributed by atoms with Gasteiger partial charge in [0.2, 0.25) is 17.9 Å². The number of methoxy groups -OCH3 is 1. The Morgan fingerprint density at radius 3 is 2.35 bits per heavy atom. The van der Waals surface area contributed by atoms with E-state index >= 15 is 0 Å². The molecule has 1 aromatic carbocycles. The molecule has 2 saturated heterocycles. The fraction of sp³-hybridized carbons (Fsp3) is 0.558. The third kappa shape index (κ3) is 14.1. The molecule has 2 unspecified atom stereocenters. The highest BCUT2D eigenvalue weighted by molar-refractivity contribution is 8.00. The lowest BCUT2D eigenvalue weighted by Crippen LogP contribution is -2.73. The summed E-state index contributed by atoms with van der Waals surface area (Å²) in [6, 6.07) is 9.54. The lowest BCUT2D eigenvalue weighted by Gasteiger charge is -2.55. The van der Waals surface area contributed by atoms with E-state index in [1.165, 1.54) is 9.80 Å². The number of nitrogen functional groups attached to an aromatic ring is 1. The van der Waals surface area contributed by atoms with Crippen LogP contribution in [0.1, 0.15) is 59.4 Å². The van der Waals surface area contributed by atoms with E-state index in [9.17, 15) is 23.6 Å². The average Bonchev–Trinajstić information content (AvgIpc) is 3.67. The van der Waals surface area contributed by atoms with Crippen molar-refractivity contribution in [3.63, 3.8) is 0 Å². The van der Waals surface area contributed by atoms with Crippen LogP contribution in [0.25, 0.3) is 0 Å². The summed E-state index contributed by atoms with van der Waals surface area (Å²) < 4.78 is 41.7. The van der Waals surface area contributed by atoms with Crippen LogP contribution in [0, 0.1) is 5.92 Å². The number of aromatic nitrogens is 3. The fourth-order valence-electron chi connectivity index (χ4n) is 6.96. The van der Waals surface area contributed by atoms with Crippen LogP contribution in [0.15, 0.2) is 52.7 Å². The van der Waals surface area contributed by atoms with Gasteiger partial charge in [-0.05, 0) is 82.8 Å². The topological polar surface area (TPSA) is 220 Å². The van der Waals surface area contributed by atoms with E-state index in [0.29, 0.717) is 29.4 Å². The van der Waals surface area contributed by atoms with E-state index < -0.39 is 54.2 Å². The van der Waals surface area contributed by atoms with Crippen LogP contribution < -0.4 is 25.3 Å². The van der Waals surface area contributed by atoms with Gasteiger partial charge in [-0.3, -0.25) is 19.4 Å². The van der Waals surface area contributed by atoms with Gasteiger partial charge in [-0.1, -0.05) is 17.3 Å². The standard InChI is InChI=1S/C43H60FN11O9S2/c1-42(2,3)63-40(58)52(9)18-12-20-54(41(59)64-43(4,5)6)31-13-11-19-53(35(31)46-26-51(7)8)21-28-24-65-37-30(47-36(56)32(49-62-25-44)34-48-39(45)66-50-34)22-55(37)33(28)38(57)61-23-27-14-16-29(60-10)17-15-27/h11,13-17,19,26,28,30,33,37H,12,18,20-25H2,1-10H3,(H2-,45,47,48,50,56)/p+1/b49-32-/t28?,30-,33?,37-/m1/s1. The van der Waals surface area contributed by atoms with E-state index in [0.717, 1.165) is 17.1 Å². The molecule has 0 spiro atoms. The zero-order valence-corrected chi connectivity index (χ0v) is 40.7. The second kappa shape index (κ2) is 22.6. The summed E-state index contributed by atoms with van der Waals surface area (Å²) in [6.45, 7) is 10.4. The number of alkyl halides is 1. The summed E-state index contributed by atoms with van der Waals surface area (Å²) in [6.07, 6.45) is 2.75. The van der Waals surface area contributed by atoms with Gasteiger partial charge in [0.05, 0.1) is 31.3 Å². The molecular weight excluding hydrogens is 898 g/mol. The molecule has 0 radical (unpaired) electrons. The Labute approximate surface area is 392 Å². The molecule has 20 nitrogen and oxygen atoms in total. The number of anilines is 2. The molecular formula is C43H61FN11O9S2+. The minimum absolute atomic E-state index is 0.00496. The van der Waals surface area contributed by atoms with Gasteiger partial charge in [0.15, 0.2) is 5.13 Å². The maximum Gasteiger partial charge on any atom is 0.415 e. The number of halogens is 1. The molecule has 0 aliphatic carbocycles. The monoisotopic (exact) mass is 958 g/mol. The lowest BCUT2D eigenvalue weighted by molar-refractivity contribution is -0.690. The first-order valence-corrected chi connectivity index (χ1v) is 23.0. The molecule has 2 aromatic heterocycles. The van der Waals surface area contributed by atoms with Crippen LogP contribution in [0.3, 0.4) is 0 Å². The first kappa shape index (κ1) is 51.2. The molecule has 3 N–H and O–H groups in total. The van der Waals surface area contributed by atoms with Crippen LogP contribution in [0.2, 0.25) is 0 Å². The molecule has 3 aromatic rings. The molecule has 360 valence electrons. The Morgan fingerprint density at radius 2 is 1.73 bits per heavy atom. The molecule has 4 heterocycles. The number of thioether (sulfide) groups is 1. The number of benzene rings is 1. The number of carbonyl (C=O) groups is 4. The minimum Gasteiger partial charge on any atom is -0.497 e. The number of pyridine rings is 1. The molecule has 66 heavy (non-hydrogen) atoms. The van der Waals surface area contributed by atoms with Crippen molar-refractivity contribution in [1.82, 2.24) is 29.4 Å². The zero-order valence-electron chi connectivity index (χ0n) is 39.1. The number of hydrogen-bond donors (Lipinski definition) is 2. The van der Waals surface area contributed by atoms with E-state index in [1.54, 1.807) is 103 Å². The van der Waals surface area contributed by atoms with Crippen LogP contribution in [0.4, 0.5) is 30.6 Å². The number of carbonyl (C=O) groups excluding carboxylic acids is 4. The van der Waals surface area contributed by atoms with Crippen LogP contribution in [-0.2, 0) is 41.8 Å². The summed E-state index contributed by atoms with van der Waals surface area (Å²) >= 11 is 2.39. The van der Waals surface area contributed by atoms with Crippen molar-refractivity contribution in [3.05, 3.63) is 54.0 Å². The van der Waals surface area contributed by atoms with E-state index in [1.807, 2.05) is 41.9 Å². The van der Waals surface area contributed by atoms with Gasteiger partial charge in [-0.2, -0.15) is 9.36 Å². The lowest BCUT2D eigenvalue weighted by atomic mass is 9.93. The summed E-state index contributed by atoms with van der Waals surface area (Å²) in [5, 5.41) is 6.27. The van der Waals surface area contributed by atoms with Gasteiger partial charge >= 0.3 is 24.0 Å². The predicted octanol–water partition coefficient (Wildman–Crippen LogP) is 4.59. The largest absolute Gasteiger partial charge is 0.497 e. The number of nitrogens with zero attached hydrogens (tertiary/aromatic N) is 9. The van der Waals surface area contributed by atoms with Crippen molar-refractivity contribution in [2.75, 3.05) is 71.1 Å². The van der Waals surface area contributed by atoms with Gasteiger partial charge in [0.1, 0.15) is 35.3 Å². The second-order valence-corrected chi connectivity index (χ2v) is 19.7. The van der Waals surface area contributed by atoms with Crippen LogP contribution in [-0.4, -0.2) is 149 Å². The molecule has 5 rings (SSSR count). The maximum absolute atomic E-state index is 14.4. The van der Waals surface area contributed by atoms with E-state index in [2.05, 4.69) is 24.7 Å². The number of hydrogen-bond acceptors (Lipinski definition) is 17. The smallest absolute Gasteiger partial charge is 0.415 e. The molecule has 23 heteroatoms. The highest BCUT2D eigenvalue weighted by atomic mass is 32.2. The van der Waals surface area contributed by atoms with Crippen molar-refractivity contribution in [2.24, 2.45) is 16.1 Å². The molecule has 4 atom stereocenters. The van der Waals surface area contributed by atoms with Crippen molar-refractivity contribution in [1.29, 1.82) is 0 Å². The number of nitrogens with two attached hydrogens (primary N) is 1. The summed E-state index contributed by atoms with van der Waals surface area (Å²) in [4.78, 5) is 74.9. The van der Waals surface area contributed by atoms with E-state index in [4.69, 9.17) is 29.7 Å². The van der Waals surface area contributed by atoms with Gasteiger partial charge in [0.25, 0.3) is 12.8 Å². The first-order valence-electron chi connectivity index (χ1n) is 21.2. The van der Waals surface area contributed by atoms with Crippen molar-refractivity contribution in [2.45, 2.75) is 89.8 Å². The van der Waals surface area contributed by atoms with Gasteiger partial charge in [-0.25, -0.2) is 18.5 Å². The molecule has 2 fully saturated rings. The number of fused-ring (bicyclic) bond motifs is 1. The third-order valence-corrected chi connectivity index (χ3v) is 12.0. The molecule has 0 bridgehead atoms. The summed E-state index contributed by atoms with van der Waals surface area (Å²) in [5.41, 5.74) is 5.10. The summed E-state index contributed by atoms with van der Waals surface area (Å²) in [7, 11) is 6.86. The van der Waals surface area contributed by atoms with Crippen molar-refractivity contribution >= 4 is 76.0 Å². The fourth-order valence-corrected chi connectivity index (χ4v) is 8.92. The average molecular weight is 959 g/mol. The van der Waals surface area contributed by atoms with Gasteiger partial charge < -0.3 is 44.6 Å². The van der Waals surface area contributed by atoms with Gasteiger partial charge in [-0.15, -0.1) is 11.8 Å². The molecule has 0 saturated carbocycles. The highest BCUT2D eigenvalue weighted by Crippen LogP contribution is 2.41. The predicted molar refractivity (Wildman–Crippen MR) is 248 cm³/mol. The van der Waals surface area contributed by atoms with Crippen molar-refractivity contribution < 1.29 is 51.9 Å². The Morgan fingerprint density at radius 1 is 1.03 bits per heavy atom. The first-order chi connectivity index (χ1) is 31.2. The number of oxime groups is 1. The number of nitrogens with one attached hydrogen (secondary N) is 1. The quantitative estimate of drug-likeness (QED) is 0.0445. The van der Waals surface area contributed by atoms with Crippen LogP contribution >= 0.6 is 23.3 Å². The number of rotatable bonds is 18. The maximum atomic E-state index is 14.4. The molecule has 3 amide bonds. The minimum atomic E-state index is -1.27. The SMILES string of the molecule is COc1ccc(COC(=O)C2C(C[n+]3cccc(N(CCCN(C)C(=O)OC(C)(C)C)C(=O)OC(C)(C)C)c3N=CN(C)C)CS[C@@H]3[C@H](NC(=O)/C(=N\OCF)c4nsc(N)n4)CN23)cc1. The normalized spacial score (nSPS) is 18.7. The zero-order chi connectivity index (χ0) is 48.3. The van der Waals surface area contributed by atoms with E-state index in [-0.39, 0.29) is 60.7 Å². The Bertz CT molecular complexity index is 2220. The van der Waals surface area contributed by atoms with Crippen molar-refractivity contribution in [3.8, 4) is 5.75 Å². The number of esters is 1. The van der Waals surface area contributed by atoms with Gasteiger partial charge in [0, 0.05) is 64.0 Å².